The predicted molar refractivity (Wildman–Crippen MR) is 194 cm³/mol. The average Bonchev–Trinajstić information content (AvgIpc) is 2.99. The molecule has 0 aliphatic rings. The zero-order chi connectivity index (χ0) is 34.4. The van der Waals surface area contributed by atoms with Gasteiger partial charge < -0.3 is 19.8 Å². The molecule has 8 nitrogen and oxygen atoms in total. The maximum absolute atomic E-state index is 12.7. The lowest BCUT2D eigenvalue weighted by atomic mass is 10.0. The largest absolute Gasteiger partial charge is 0.472 e. The molecule has 0 aliphatic carbocycles. The molecule has 0 saturated carbocycles. The number of nitrogens with one attached hydrogen (secondary N) is 1. The Morgan fingerprint density at radius 3 is 1.61 bits per heavy atom. The van der Waals surface area contributed by atoms with Crippen LogP contribution in [0.5, 0.6) is 0 Å². The maximum atomic E-state index is 12.7. The topological polar surface area (TPSA) is 105 Å². The number of nitrogens with zero attached hydrogens (tertiary/aromatic N) is 1. The molecule has 1 amide bonds. The van der Waals surface area contributed by atoms with E-state index in [1.807, 2.05) is 27.2 Å². The van der Waals surface area contributed by atoms with Gasteiger partial charge in [-0.2, -0.15) is 0 Å². The molecule has 9 heteroatoms. The smallest absolute Gasteiger partial charge is 0.387 e. The molecule has 0 aromatic rings. The van der Waals surface area contributed by atoms with Gasteiger partial charge in [0.25, 0.3) is 0 Å². The zero-order valence-corrected chi connectivity index (χ0v) is 31.7. The summed E-state index contributed by atoms with van der Waals surface area (Å²) >= 11 is 0. The van der Waals surface area contributed by atoms with E-state index in [-0.39, 0.29) is 19.1 Å². The minimum absolute atomic E-state index is 0.0636. The van der Waals surface area contributed by atoms with Crippen molar-refractivity contribution < 1.29 is 32.9 Å². The number of rotatable bonds is 34. The molecular weight excluding hydrogens is 599 g/mol. The van der Waals surface area contributed by atoms with Crippen LogP contribution >= 0.6 is 7.82 Å². The second-order valence-electron chi connectivity index (χ2n) is 14.3. The van der Waals surface area contributed by atoms with E-state index in [9.17, 15) is 19.4 Å². The van der Waals surface area contributed by atoms with E-state index in [2.05, 4.69) is 19.2 Å². The third kappa shape index (κ3) is 31.8. The SMILES string of the molecule is CCCCCCC/C=C/C(O)C(COP(=O)(O)OCC[N+](C)(C)C)NC(=O)CCCCCCCCCCCCCCCCCCC. The molecule has 0 saturated heterocycles. The Hall–Kier alpha value is -0.760. The van der Waals surface area contributed by atoms with Crippen LogP contribution in [0.1, 0.15) is 168 Å². The second kappa shape index (κ2) is 30.3. The minimum atomic E-state index is -4.32. The van der Waals surface area contributed by atoms with Gasteiger partial charge in [-0.05, 0) is 19.3 Å². The van der Waals surface area contributed by atoms with E-state index in [1.165, 1.54) is 109 Å². The Labute approximate surface area is 284 Å². The Bertz CT molecular complexity index is 773. The number of phosphoric acid groups is 1. The molecule has 0 spiro atoms. The third-order valence-electron chi connectivity index (χ3n) is 8.51. The summed E-state index contributed by atoms with van der Waals surface area (Å²) < 4.78 is 23.3. The van der Waals surface area contributed by atoms with Gasteiger partial charge in [0.05, 0.1) is 39.9 Å². The number of aliphatic hydroxyl groups is 1. The number of aliphatic hydroxyl groups excluding tert-OH is 1. The van der Waals surface area contributed by atoms with E-state index in [0.29, 0.717) is 17.4 Å². The molecule has 3 unspecified atom stereocenters. The normalized spacial score (nSPS) is 14.8. The summed E-state index contributed by atoms with van der Waals surface area (Å²) in [4.78, 5) is 22.9. The first-order chi connectivity index (χ1) is 22.0. The Balaban J connectivity index is 4.32. The predicted octanol–water partition coefficient (Wildman–Crippen LogP) is 9.63. The highest BCUT2D eigenvalue weighted by molar-refractivity contribution is 7.47. The van der Waals surface area contributed by atoms with Crippen molar-refractivity contribution in [3.8, 4) is 0 Å². The lowest BCUT2D eigenvalue weighted by Gasteiger charge is -2.25. The lowest BCUT2D eigenvalue weighted by Crippen LogP contribution is -2.45. The molecule has 0 aliphatic heterocycles. The quantitative estimate of drug-likeness (QED) is 0.0272. The molecule has 0 aromatic heterocycles. The molecule has 0 radical (unpaired) electrons. The number of carbonyl (C=O) groups excluding carboxylic acids is 1. The summed E-state index contributed by atoms with van der Waals surface area (Å²) in [5.74, 6) is -0.180. The number of unbranched alkanes of at least 4 members (excludes halogenated alkanes) is 21. The number of amides is 1. The van der Waals surface area contributed by atoms with Crippen LogP contribution in [0.3, 0.4) is 0 Å². The monoisotopic (exact) mass is 676 g/mol. The molecule has 0 rings (SSSR count). The van der Waals surface area contributed by atoms with Crippen molar-refractivity contribution in [2.75, 3.05) is 40.9 Å². The standard InChI is InChI=1S/C37H75N2O6P/c1-6-8-10-12-14-15-16-17-18-19-20-21-22-23-25-27-29-31-37(41)38-35(36(40)30-28-26-24-13-11-9-7-2)34-45-46(42,43)44-33-32-39(3,4)5/h28,30,35-36,40H,6-27,29,31-34H2,1-5H3,(H-,38,41,42,43)/p+1/b30-28+. The molecular formula is C37H76N2O6P+. The highest BCUT2D eigenvalue weighted by Gasteiger charge is 2.27. The van der Waals surface area contributed by atoms with Crippen molar-refractivity contribution >= 4 is 13.7 Å². The fraction of sp³-hybridized carbons (Fsp3) is 0.919. The molecule has 0 fully saturated rings. The summed E-state index contributed by atoms with van der Waals surface area (Å²) in [5, 5.41) is 13.6. The fourth-order valence-electron chi connectivity index (χ4n) is 5.39. The summed E-state index contributed by atoms with van der Waals surface area (Å²) in [7, 11) is 1.57. The van der Waals surface area contributed by atoms with Crippen LogP contribution in [0.15, 0.2) is 12.2 Å². The first kappa shape index (κ1) is 45.2. The zero-order valence-electron chi connectivity index (χ0n) is 30.8. The number of likely N-dealkylation sites (N-methyl/N-ethyl adjacent to an activating group) is 1. The first-order valence-corrected chi connectivity index (χ1v) is 20.6. The van der Waals surface area contributed by atoms with Gasteiger partial charge in [0.1, 0.15) is 13.2 Å². The number of hydrogen-bond acceptors (Lipinski definition) is 5. The Morgan fingerprint density at radius 1 is 0.717 bits per heavy atom. The molecule has 46 heavy (non-hydrogen) atoms. The lowest BCUT2D eigenvalue weighted by molar-refractivity contribution is -0.870. The highest BCUT2D eigenvalue weighted by atomic mass is 31.2. The van der Waals surface area contributed by atoms with Crippen LogP contribution in [0.4, 0.5) is 0 Å². The van der Waals surface area contributed by atoms with Crippen molar-refractivity contribution in [1.29, 1.82) is 0 Å². The van der Waals surface area contributed by atoms with Crippen molar-refractivity contribution in [1.82, 2.24) is 5.32 Å². The molecule has 0 heterocycles. The van der Waals surface area contributed by atoms with E-state index in [1.54, 1.807) is 6.08 Å². The molecule has 0 bridgehead atoms. The van der Waals surface area contributed by atoms with Gasteiger partial charge in [0.15, 0.2) is 0 Å². The highest BCUT2D eigenvalue weighted by Crippen LogP contribution is 2.43. The first-order valence-electron chi connectivity index (χ1n) is 19.1. The molecule has 3 N–H and O–H groups in total. The molecule has 274 valence electrons. The average molecular weight is 676 g/mol. The Kier molecular flexibility index (Phi) is 29.8. The number of allylic oxidation sites excluding steroid dienone is 1. The van der Waals surface area contributed by atoms with Crippen LogP contribution in [0, 0.1) is 0 Å². The van der Waals surface area contributed by atoms with Crippen molar-refractivity contribution in [3.05, 3.63) is 12.2 Å². The van der Waals surface area contributed by atoms with Crippen LogP contribution in [0.2, 0.25) is 0 Å². The summed E-state index contributed by atoms with van der Waals surface area (Å²) in [6.07, 6.45) is 31.5. The van der Waals surface area contributed by atoms with Crippen LogP contribution in [-0.2, 0) is 18.4 Å². The van der Waals surface area contributed by atoms with Gasteiger partial charge in [-0.25, -0.2) is 4.57 Å². The van der Waals surface area contributed by atoms with Gasteiger partial charge in [-0.1, -0.05) is 154 Å². The number of hydrogen-bond donors (Lipinski definition) is 3. The minimum Gasteiger partial charge on any atom is -0.387 e. The number of carbonyl (C=O) groups is 1. The van der Waals surface area contributed by atoms with Gasteiger partial charge >= 0.3 is 7.82 Å². The summed E-state index contributed by atoms with van der Waals surface area (Å²) in [6, 6.07) is -0.836. The molecule has 3 atom stereocenters. The molecule has 0 aromatic carbocycles. The van der Waals surface area contributed by atoms with Gasteiger partial charge in [-0.15, -0.1) is 0 Å². The van der Waals surface area contributed by atoms with Crippen LogP contribution in [0.25, 0.3) is 0 Å². The van der Waals surface area contributed by atoms with Gasteiger partial charge in [0, 0.05) is 6.42 Å². The van der Waals surface area contributed by atoms with Crippen molar-refractivity contribution in [3.63, 3.8) is 0 Å². The van der Waals surface area contributed by atoms with Crippen LogP contribution in [-0.4, -0.2) is 73.4 Å². The number of phosphoric ester groups is 1. The summed E-state index contributed by atoms with van der Waals surface area (Å²) in [5.41, 5.74) is 0. The summed E-state index contributed by atoms with van der Waals surface area (Å²) in [6.45, 7) is 4.75. The van der Waals surface area contributed by atoms with Gasteiger partial charge in [-0.3, -0.25) is 13.8 Å². The van der Waals surface area contributed by atoms with E-state index in [4.69, 9.17) is 9.05 Å². The maximum Gasteiger partial charge on any atom is 0.472 e. The van der Waals surface area contributed by atoms with Crippen molar-refractivity contribution in [2.24, 2.45) is 0 Å². The Morgan fingerprint density at radius 2 is 1.15 bits per heavy atom. The number of quaternary nitrogens is 1. The van der Waals surface area contributed by atoms with E-state index >= 15 is 0 Å². The van der Waals surface area contributed by atoms with E-state index < -0.39 is 20.0 Å². The fourth-order valence-corrected chi connectivity index (χ4v) is 6.13. The van der Waals surface area contributed by atoms with Crippen LogP contribution < -0.4 is 5.32 Å². The third-order valence-corrected chi connectivity index (χ3v) is 9.49. The van der Waals surface area contributed by atoms with Gasteiger partial charge in [0.2, 0.25) is 5.91 Å². The van der Waals surface area contributed by atoms with E-state index in [0.717, 1.165) is 38.5 Å². The van der Waals surface area contributed by atoms with Crippen molar-refractivity contribution in [2.45, 2.75) is 180 Å². The second-order valence-corrected chi connectivity index (χ2v) is 15.8.